The van der Waals surface area contributed by atoms with E-state index in [4.69, 9.17) is 0 Å². The van der Waals surface area contributed by atoms with Gasteiger partial charge >= 0.3 is 29.6 Å². The van der Waals surface area contributed by atoms with Crippen molar-refractivity contribution < 1.29 is 47.9 Å². The number of aromatic nitrogens is 2. The van der Waals surface area contributed by atoms with Crippen LogP contribution in [-0.2, 0) is 49.2 Å². The van der Waals surface area contributed by atoms with Gasteiger partial charge in [0.2, 0.25) is 10.0 Å². The summed E-state index contributed by atoms with van der Waals surface area (Å²) in [7, 11) is -2.67. The van der Waals surface area contributed by atoms with Crippen LogP contribution < -0.4 is 34.9 Å². The van der Waals surface area contributed by atoms with E-state index in [1.807, 2.05) is 0 Å². The second kappa shape index (κ2) is 8.86. The van der Waals surface area contributed by atoms with Crippen molar-refractivity contribution in [2.24, 2.45) is 7.05 Å². The van der Waals surface area contributed by atoms with Crippen molar-refractivity contribution in [3.8, 4) is 0 Å². The van der Waals surface area contributed by atoms with Crippen LogP contribution in [0.2, 0.25) is 0 Å². The van der Waals surface area contributed by atoms with Gasteiger partial charge in [0, 0.05) is 19.2 Å². The number of fused-ring (bicyclic) bond motifs is 2. The van der Waals surface area contributed by atoms with Gasteiger partial charge in [0.25, 0.3) is 0 Å². The molecule has 2 aliphatic rings. The number of benzene rings is 1. The first-order valence-corrected chi connectivity index (χ1v) is 11.7. The van der Waals surface area contributed by atoms with Gasteiger partial charge in [-0.1, -0.05) is 6.07 Å². The predicted molar refractivity (Wildman–Crippen MR) is 113 cm³/mol. The summed E-state index contributed by atoms with van der Waals surface area (Å²) in [5.74, 6) is 0. The number of nitrogens with zero attached hydrogens (tertiary/aromatic N) is 3. The molecule has 162 valence electrons. The van der Waals surface area contributed by atoms with Gasteiger partial charge in [-0.25, -0.2) is 8.42 Å². The first kappa shape index (κ1) is 24.3. The minimum atomic E-state index is -4.27. The molecule has 0 saturated carbocycles. The minimum Gasteiger partial charge on any atom is -0.423 e. The fourth-order valence-corrected chi connectivity index (χ4v) is 5.33. The molecule has 1 heterocycles. The topological polar surface area (TPSA) is 115 Å². The Hall–Kier alpha value is -1.39. The number of carbonyl (C=O) groups excluding carboxylic acids is 1. The average Bonchev–Trinajstić information content (AvgIpc) is 3.33. The molecule has 2 amide bonds. The zero-order chi connectivity index (χ0) is 21.7. The second-order valence-electron chi connectivity index (χ2n) is 8.82. The Morgan fingerprint density at radius 3 is 2.29 bits per heavy atom. The van der Waals surface area contributed by atoms with E-state index in [1.165, 1.54) is 21.9 Å². The van der Waals surface area contributed by atoms with Crippen LogP contribution in [0.1, 0.15) is 54.6 Å². The molecule has 31 heavy (non-hydrogen) atoms. The summed E-state index contributed by atoms with van der Waals surface area (Å²) in [4.78, 5) is 12.6. The van der Waals surface area contributed by atoms with Gasteiger partial charge in [0.15, 0.2) is 11.1 Å². The maximum Gasteiger partial charge on any atom is 1.00 e. The van der Waals surface area contributed by atoms with E-state index in [9.17, 15) is 18.3 Å². The fourth-order valence-electron chi connectivity index (χ4n) is 4.46. The minimum absolute atomic E-state index is 0. The van der Waals surface area contributed by atoms with E-state index >= 15 is 0 Å². The zero-order valence-corrected chi connectivity index (χ0v) is 21.3. The normalized spacial score (nSPS) is 15.2. The van der Waals surface area contributed by atoms with E-state index in [0.29, 0.717) is 5.69 Å². The molecule has 0 bridgehead atoms. The van der Waals surface area contributed by atoms with E-state index < -0.39 is 21.7 Å². The van der Waals surface area contributed by atoms with Gasteiger partial charge in [-0.3, -0.25) is 9.48 Å². The number of aryl methyl sites for hydroxylation is 3. The van der Waals surface area contributed by atoms with E-state index in [1.54, 1.807) is 20.9 Å². The van der Waals surface area contributed by atoms with Gasteiger partial charge in [0.05, 0.1) is 5.60 Å². The molecule has 0 unspecified atom stereocenters. The maximum absolute atomic E-state index is 12.7. The number of urea groups is 1. The van der Waals surface area contributed by atoms with Crippen LogP contribution >= 0.6 is 0 Å². The number of aliphatic hydroxyl groups is 1. The van der Waals surface area contributed by atoms with Crippen molar-refractivity contribution in [3.63, 3.8) is 0 Å². The molecule has 2 aromatic rings. The van der Waals surface area contributed by atoms with Gasteiger partial charge in [-0.15, -0.1) is 0 Å². The van der Waals surface area contributed by atoms with E-state index in [2.05, 4.69) is 21.2 Å². The summed E-state index contributed by atoms with van der Waals surface area (Å²) in [6.07, 6.45) is 6.03. The number of carbonyl (C=O) groups is 1. The maximum atomic E-state index is 12.7. The monoisotopic (exact) mass is 454 g/mol. The van der Waals surface area contributed by atoms with Crippen molar-refractivity contribution in [2.75, 3.05) is 5.32 Å². The summed E-state index contributed by atoms with van der Waals surface area (Å²) in [6, 6.07) is 2.69. The van der Waals surface area contributed by atoms with Crippen molar-refractivity contribution in [2.45, 2.75) is 69.4 Å². The molecule has 0 spiro atoms. The number of hydrogen-bond acceptors (Lipinski definition) is 5. The summed E-state index contributed by atoms with van der Waals surface area (Å²) >= 11 is 0. The largest absolute Gasteiger partial charge is 1.00 e. The first-order valence-electron chi connectivity index (χ1n) is 10.2. The molecule has 2 aliphatic carbocycles. The molecular formula is C21H27N4NaO4S. The smallest absolute Gasteiger partial charge is 0.423 e. The summed E-state index contributed by atoms with van der Waals surface area (Å²) in [6.45, 7) is 3.26. The third-order valence-electron chi connectivity index (χ3n) is 5.74. The Bertz CT molecular complexity index is 1090. The molecule has 1 aromatic heterocycles. The third-order valence-corrected chi connectivity index (χ3v) is 6.87. The Labute approximate surface area is 205 Å². The summed E-state index contributed by atoms with van der Waals surface area (Å²) in [5.41, 5.74) is 4.99. The Kier molecular flexibility index (Phi) is 6.93. The molecule has 0 aliphatic heterocycles. The van der Waals surface area contributed by atoms with Crippen molar-refractivity contribution in [1.82, 2.24) is 9.78 Å². The standard InChI is InChI=1S/C21H28N4O4S.Na/c1-21(2,27)12-15-11-18(23-25(15)3)30(28,29)24-20(26)22-19-16-8-4-6-13(16)10-14-7-5-9-17(14)19;/h10-11,27H,4-9,12H2,1-3H3,(H2,22,24,26);/q;+1/p-1. The first-order chi connectivity index (χ1) is 14.0. The Morgan fingerprint density at radius 2 is 1.74 bits per heavy atom. The number of amides is 2. The summed E-state index contributed by atoms with van der Waals surface area (Å²) in [5, 5.41) is 16.4. The third kappa shape index (κ3) is 5.17. The number of nitrogens with one attached hydrogen (secondary N) is 1. The molecule has 8 nitrogen and oxygen atoms in total. The molecule has 0 radical (unpaired) electrons. The Morgan fingerprint density at radius 1 is 1.16 bits per heavy atom. The molecule has 0 atom stereocenters. The molecule has 4 rings (SSSR count). The van der Waals surface area contributed by atoms with Crippen LogP contribution in [0.15, 0.2) is 17.2 Å². The molecule has 10 heteroatoms. The number of hydrogen-bond donors (Lipinski definition) is 2. The van der Waals surface area contributed by atoms with Crippen LogP contribution in [0, 0.1) is 0 Å². The Balaban J connectivity index is 0.00000272. The van der Waals surface area contributed by atoms with Crippen molar-refractivity contribution in [1.29, 1.82) is 0 Å². The molecule has 2 N–H and O–H groups in total. The predicted octanol–water partition coefficient (Wildman–Crippen LogP) is 0.00940. The van der Waals surface area contributed by atoms with Gasteiger partial charge in [0.1, 0.15) is 0 Å². The average molecular weight is 455 g/mol. The van der Waals surface area contributed by atoms with Gasteiger partial charge in [-0.05, 0) is 86.4 Å². The van der Waals surface area contributed by atoms with Crippen molar-refractivity contribution >= 4 is 21.7 Å². The van der Waals surface area contributed by atoms with E-state index in [0.717, 1.165) is 55.3 Å². The second-order valence-corrected chi connectivity index (χ2v) is 10.4. The van der Waals surface area contributed by atoms with E-state index in [-0.39, 0.29) is 41.0 Å². The zero-order valence-electron chi connectivity index (χ0n) is 18.5. The van der Waals surface area contributed by atoms with Gasteiger partial charge in [-0.2, -0.15) is 5.10 Å². The fraction of sp³-hybridized carbons (Fsp3) is 0.524. The van der Waals surface area contributed by atoms with Crippen molar-refractivity contribution in [3.05, 3.63) is 44.8 Å². The van der Waals surface area contributed by atoms with Crippen LogP contribution in [-0.4, -0.2) is 34.9 Å². The van der Waals surface area contributed by atoms with Gasteiger partial charge < -0.3 is 15.1 Å². The van der Waals surface area contributed by atoms with Crippen LogP contribution in [0.25, 0.3) is 4.72 Å². The molecule has 0 fully saturated rings. The molecule has 0 saturated heterocycles. The number of anilines is 1. The molecular weight excluding hydrogens is 427 g/mol. The quantitative estimate of drug-likeness (QED) is 0.618. The van der Waals surface area contributed by atoms with Crippen LogP contribution in [0.4, 0.5) is 10.5 Å². The SMILES string of the molecule is Cn1nc(S(=O)(=O)[N-]C(=O)Nc2c3c(cc4c2CCC4)CCC3)cc1CC(C)(C)O.[Na+]. The molecule has 1 aromatic carbocycles. The number of sulfonamides is 1. The van der Waals surface area contributed by atoms with Crippen LogP contribution in [0.3, 0.4) is 0 Å². The number of rotatable bonds is 5. The summed E-state index contributed by atoms with van der Waals surface area (Å²) < 4.78 is 30.2. The van der Waals surface area contributed by atoms with Crippen LogP contribution in [0.5, 0.6) is 0 Å².